The van der Waals surface area contributed by atoms with Crippen LogP contribution in [0.3, 0.4) is 0 Å². The zero-order valence-corrected chi connectivity index (χ0v) is 21.6. The molecule has 194 valence electrons. The first-order chi connectivity index (χ1) is 17.9. The van der Waals surface area contributed by atoms with Gasteiger partial charge in [0.1, 0.15) is 24.1 Å². The molecule has 9 heteroatoms. The van der Waals surface area contributed by atoms with Crippen LogP contribution in [0.4, 0.5) is 0 Å². The zero-order chi connectivity index (χ0) is 25.6. The summed E-state index contributed by atoms with van der Waals surface area (Å²) in [6, 6.07) is 13.1. The largest absolute Gasteiger partial charge is 0.489 e. The number of hydrogen-bond acceptors (Lipinski definition) is 7. The van der Waals surface area contributed by atoms with E-state index >= 15 is 0 Å². The summed E-state index contributed by atoms with van der Waals surface area (Å²) < 4.78 is 37.4. The van der Waals surface area contributed by atoms with Gasteiger partial charge in [-0.1, -0.05) is 12.1 Å². The number of pyridine rings is 1. The third-order valence-corrected chi connectivity index (χ3v) is 9.40. The van der Waals surface area contributed by atoms with Crippen LogP contribution in [0.2, 0.25) is 0 Å². The predicted octanol–water partition coefficient (Wildman–Crippen LogP) is 3.70. The lowest BCUT2D eigenvalue weighted by Crippen LogP contribution is -2.42. The van der Waals surface area contributed by atoms with Gasteiger partial charge in [0.15, 0.2) is 9.84 Å². The van der Waals surface area contributed by atoms with Gasteiger partial charge < -0.3 is 19.6 Å². The molecule has 2 aromatic heterocycles. The maximum absolute atomic E-state index is 12.9. The van der Waals surface area contributed by atoms with Gasteiger partial charge in [-0.25, -0.2) is 13.4 Å². The second kappa shape index (κ2) is 9.72. The summed E-state index contributed by atoms with van der Waals surface area (Å²) in [5.74, 6) is 0.622. The molecular formula is C28H31N3O5S. The van der Waals surface area contributed by atoms with Crippen LogP contribution in [0.5, 0.6) is 5.75 Å². The Kier molecular flexibility index (Phi) is 6.40. The van der Waals surface area contributed by atoms with Crippen LogP contribution in [-0.4, -0.2) is 79.2 Å². The molecule has 2 N–H and O–H groups in total. The highest BCUT2D eigenvalue weighted by Crippen LogP contribution is 2.40. The van der Waals surface area contributed by atoms with Gasteiger partial charge in [-0.15, -0.1) is 0 Å². The molecule has 1 atom stereocenters. The van der Waals surface area contributed by atoms with E-state index in [1.165, 1.54) is 0 Å². The molecule has 2 fully saturated rings. The minimum absolute atomic E-state index is 0.155. The summed E-state index contributed by atoms with van der Waals surface area (Å²) in [5.41, 5.74) is 4.26. The molecule has 3 heterocycles. The molecule has 0 amide bonds. The molecule has 1 unspecified atom stereocenters. The number of aryl methyl sites for hydroxylation is 1. The minimum Gasteiger partial charge on any atom is -0.489 e. The van der Waals surface area contributed by atoms with Gasteiger partial charge in [-0.2, -0.15) is 0 Å². The average Bonchev–Trinajstić information content (AvgIpc) is 3.70. The highest BCUT2D eigenvalue weighted by molar-refractivity contribution is 7.92. The number of β-amino-alcohol motifs (C(OH)–C–C–N with tert-alkyl or cyclic N) is 1. The summed E-state index contributed by atoms with van der Waals surface area (Å²) in [7, 11) is -3.31. The van der Waals surface area contributed by atoms with E-state index in [4.69, 9.17) is 9.47 Å². The fourth-order valence-corrected chi connectivity index (χ4v) is 6.76. The number of hydrogen-bond donors (Lipinski definition) is 2. The van der Waals surface area contributed by atoms with Gasteiger partial charge in [0.25, 0.3) is 0 Å². The van der Waals surface area contributed by atoms with Crippen molar-refractivity contribution in [2.75, 3.05) is 39.5 Å². The number of rotatable bonds is 8. The number of aliphatic hydroxyl groups is 1. The molecule has 2 aromatic carbocycles. The van der Waals surface area contributed by atoms with Crippen molar-refractivity contribution in [1.82, 2.24) is 14.9 Å². The molecule has 4 aromatic rings. The van der Waals surface area contributed by atoms with E-state index in [2.05, 4.69) is 20.9 Å². The van der Waals surface area contributed by atoms with Gasteiger partial charge in [-0.05, 0) is 66.8 Å². The Morgan fingerprint density at radius 2 is 2.00 bits per heavy atom. The molecule has 8 nitrogen and oxygen atoms in total. The molecule has 37 heavy (non-hydrogen) atoms. The van der Waals surface area contributed by atoms with Crippen molar-refractivity contribution in [3.05, 3.63) is 54.2 Å². The number of aromatic amines is 1. The Bertz CT molecular complexity index is 1560. The molecule has 0 radical (unpaired) electrons. The van der Waals surface area contributed by atoms with E-state index in [1.54, 1.807) is 18.2 Å². The van der Waals surface area contributed by atoms with E-state index in [-0.39, 0.29) is 11.9 Å². The van der Waals surface area contributed by atoms with Crippen LogP contribution in [0.15, 0.2) is 53.6 Å². The number of H-pyrrole nitrogens is 1. The van der Waals surface area contributed by atoms with Gasteiger partial charge in [-0.3, -0.25) is 4.90 Å². The Morgan fingerprint density at radius 3 is 2.78 bits per heavy atom. The lowest BCUT2D eigenvalue weighted by molar-refractivity contribution is 0.00478. The highest BCUT2D eigenvalue weighted by atomic mass is 32.2. The Balaban J connectivity index is 1.37. The topological polar surface area (TPSA) is 105 Å². The molecule has 0 bridgehead atoms. The first-order valence-corrected chi connectivity index (χ1v) is 14.3. The van der Waals surface area contributed by atoms with Crippen molar-refractivity contribution in [2.24, 2.45) is 0 Å². The van der Waals surface area contributed by atoms with Crippen molar-refractivity contribution in [1.29, 1.82) is 0 Å². The molecule has 6 rings (SSSR count). The molecule has 0 spiro atoms. The number of benzene rings is 2. The monoisotopic (exact) mass is 521 g/mol. The Hall–Kier alpha value is -2.98. The lowest BCUT2D eigenvalue weighted by Gasteiger charge is -2.28. The van der Waals surface area contributed by atoms with Gasteiger partial charge in [0.05, 0.1) is 28.9 Å². The predicted molar refractivity (Wildman–Crippen MR) is 143 cm³/mol. The second-order valence-corrected chi connectivity index (χ2v) is 12.3. The van der Waals surface area contributed by atoms with Crippen molar-refractivity contribution < 1.29 is 23.0 Å². The number of nitrogens with one attached hydrogen (secondary N) is 1. The second-order valence-electron chi connectivity index (χ2n) is 10.0. The number of aromatic nitrogens is 2. The van der Waals surface area contributed by atoms with E-state index < -0.39 is 15.9 Å². The van der Waals surface area contributed by atoms with Crippen molar-refractivity contribution >= 4 is 31.8 Å². The van der Waals surface area contributed by atoms with E-state index in [0.717, 1.165) is 64.6 Å². The summed E-state index contributed by atoms with van der Waals surface area (Å²) in [6.07, 6.45) is 2.63. The summed E-state index contributed by atoms with van der Waals surface area (Å²) in [5, 5.41) is 12.2. The summed E-state index contributed by atoms with van der Waals surface area (Å²) >= 11 is 0. The summed E-state index contributed by atoms with van der Waals surface area (Å²) in [4.78, 5) is 10.5. The van der Waals surface area contributed by atoms with Gasteiger partial charge >= 0.3 is 0 Å². The van der Waals surface area contributed by atoms with Crippen LogP contribution >= 0.6 is 0 Å². The highest BCUT2D eigenvalue weighted by Gasteiger charge is 2.37. The normalized spacial score (nSPS) is 17.9. The molecule has 2 aliphatic rings. The smallest absolute Gasteiger partial charge is 0.181 e. The molecule has 1 saturated carbocycles. The van der Waals surface area contributed by atoms with Crippen molar-refractivity contribution in [3.63, 3.8) is 0 Å². The van der Waals surface area contributed by atoms with E-state index in [1.807, 2.05) is 31.3 Å². The Labute approximate surface area is 216 Å². The summed E-state index contributed by atoms with van der Waals surface area (Å²) in [6.45, 7) is 5.65. The third-order valence-electron chi connectivity index (χ3n) is 7.14. The minimum atomic E-state index is -3.31. The van der Waals surface area contributed by atoms with Gasteiger partial charge in [0.2, 0.25) is 0 Å². The van der Waals surface area contributed by atoms with E-state index in [9.17, 15) is 13.5 Å². The molecular weight excluding hydrogens is 490 g/mol. The molecule has 1 aliphatic heterocycles. The first-order valence-electron chi connectivity index (χ1n) is 12.8. The maximum Gasteiger partial charge on any atom is 0.181 e. The Morgan fingerprint density at radius 1 is 1.19 bits per heavy atom. The van der Waals surface area contributed by atoms with Crippen LogP contribution in [0.25, 0.3) is 33.1 Å². The van der Waals surface area contributed by atoms with Crippen molar-refractivity contribution in [3.8, 4) is 16.9 Å². The number of nitrogens with zero attached hydrogens (tertiary/aromatic N) is 2. The van der Waals surface area contributed by atoms with Crippen LogP contribution < -0.4 is 4.74 Å². The quantitative estimate of drug-likeness (QED) is 0.364. The third kappa shape index (κ3) is 4.84. The van der Waals surface area contributed by atoms with E-state index in [0.29, 0.717) is 30.4 Å². The van der Waals surface area contributed by atoms with Crippen LogP contribution in [0.1, 0.15) is 18.4 Å². The number of morpholine rings is 1. The number of aliphatic hydroxyl groups excluding tert-OH is 1. The van der Waals surface area contributed by atoms with Crippen molar-refractivity contribution in [2.45, 2.75) is 36.0 Å². The first kappa shape index (κ1) is 24.4. The molecule has 1 saturated heterocycles. The fourth-order valence-electron chi connectivity index (χ4n) is 5.06. The van der Waals surface area contributed by atoms with Gasteiger partial charge in [0, 0.05) is 36.6 Å². The molecule has 1 aliphatic carbocycles. The van der Waals surface area contributed by atoms with Crippen LogP contribution in [-0.2, 0) is 14.6 Å². The van der Waals surface area contributed by atoms with Crippen LogP contribution in [0, 0.1) is 6.92 Å². The standard InChI is InChI=1S/C28H31N3O5S/c1-18-13-24-26-23(19-3-2-4-22(14-19)37(33,34)21-5-6-21)7-8-25(27(26)30-28(24)29-15-18)36-17-20(32)16-31-9-11-35-12-10-31/h2-4,7-8,13-15,20-21,32H,5-6,9-12,16-17H2,1H3,(H,29,30). The lowest BCUT2D eigenvalue weighted by atomic mass is 9.99. The zero-order valence-electron chi connectivity index (χ0n) is 20.8. The fraction of sp³-hybridized carbons (Fsp3) is 0.393. The number of ether oxygens (including phenoxy) is 2. The average molecular weight is 522 g/mol. The SMILES string of the molecule is Cc1cnc2[nH]c3c(OCC(O)CN4CCOCC4)ccc(-c4cccc(S(=O)(=O)C5CC5)c4)c3c2c1. The number of fused-ring (bicyclic) bond motifs is 3. The number of sulfone groups is 1. The maximum atomic E-state index is 12.9.